The topological polar surface area (TPSA) is 70.3 Å². The number of hydrogen-bond acceptors (Lipinski definition) is 6. The minimum absolute atomic E-state index is 0.330. The standard InChI is InChI=1S/C11H13N3O2S/c1-15-8-6-13-10(11(14-8)16-2)9(12)7-4-3-5-17-7/h3-6,9H,12H2,1-2H3. The molecular weight excluding hydrogens is 238 g/mol. The van der Waals surface area contributed by atoms with E-state index in [1.54, 1.807) is 11.3 Å². The third-order valence-electron chi connectivity index (χ3n) is 2.29. The van der Waals surface area contributed by atoms with E-state index in [0.29, 0.717) is 17.5 Å². The van der Waals surface area contributed by atoms with Crippen molar-refractivity contribution in [3.05, 3.63) is 34.3 Å². The number of aromatic nitrogens is 2. The summed E-state index contributed by atoms with van der Waals surface area (Å²) in [5.41, 5.74) is 6.72. The Kier molecular flexibility index (Phi) is 3.55. The Morgan fingerprint density at radius 2 is 2.18 bits per heavy atom. The molecule has 2 aromatic rings. The summed E-state index contributed by atoms with van der Waals surface area (Å²) in [6.45, 7) is 0. The highest BCUT2D eigenvalue weighted by molar-refractivity contribution is 7.10. The van der Waals surface area contributed by atoms with E-state index in [1.807, 2.05) is 17.5 Å². The van der Waals surface area contributed by atoms with Crippen LogP contribution in [0.4, 0.5) is 0 Å². The Morgan fingerprint density at radius 3 is 2.76 bits per heavy atom. The monoisotopic (exact) mass is 251 g/mol. The summed E-state index contributed by atoms with van der Waals surface area (Å²) in [5.74, 6) is 0.800. The highest BCUT2D eigenvalue weighted by Crippen LogP contribution is 2.28. The van der Waals surface area contributed by atoms with Gasteiger partial charge in [0.2, 0.25) is 11.8 Å². The highest BCUT2D eigenvalue weighted by atomic mass is 32.1. The molecule has 0 aliphatic heterocycles. The van der Waals surface area contributed by atoms with Crippen LogP contribution in [0.2, 0.25) is 0 Å². The summed E-state index contributed by atoms with van der Waals surface area (Å²) in [4.78, 5) is 9.42. The Labute approximate surface area is 103 Å². The summed E-state index contributed by atoms with van der Waals surface area (Å²) >= 11 is 1.58. The molecule has 2 heterocycles. The molecule has 0 aliphatic carbocycles. The maximum Gasteiger partial charge on any atom is 0.240 e. The van der Waals surface area contributed by atoms with Crippen LogP contribution in [0, 0.1) is 0 Å². The van der Waals surface area contributed by atoms with Crippen LogP contribution in [-0.2, 0) is 0 Å². The van der Waals surface area contributed by atoms with Gasteiger partial charge in [0.05, 0.1) is 26.5 Å². The molecule has 0 saturated carbocycles. The quantitative estimate of drug-likeness (QED) is 0.893. The molecule has 1 atom stereocenters. The lowest BCUT2D eigenvalue weighted by molar-refractivity contribution is 0.355. The molecule has 17 heavy (non-hydrogen) atoms. The van der Waals surface area contributed by atoms with Crippen molar-refractivity contribution in [3.8, 4) is 11.8 Å². The maximum absolute atomic E-state index is 6.12. The molecule has 5 nitrogen and oxygen atoms in total. The fourth-order valence-corrected chi connectivity index (χ4v) is 2.16. The third-order valence-corrected chi connectivity index (χ3v) is 3.25. The molecule has 2 aromatic heterocycles. The van der Waals surface area contributed by atoms with Gasteiger partial charge in [-0.05, 0) is 11.4 Å². The normalized spacial score (nSPS) is 12.2. The van der Waals surface area contributed by atoms with Gasteiger partial charge >= 0.3 is 0 Å². The van der Waals surface area contributed by atoms with Gasteiger partial charge in [0.1, 0.15) is 5.69 Å². The molecule has 0 aliphatic rings. The Morgan fingerprint density at radius 1 is 1.35 bits per heavy atom. The lowest BCUT2D eigenvalue weighted by atomic mass is 10.2. The molecule has 0 amide bonds. The van der Waals surface area contributed by atoms with Gasteiger partial charge < -0.3 is 15.2 Å². The fraction of sp³-hybridized carbons (Fsp3) is 0.273. The lowest BCUT2D eigenvalue weighted by Gasteiger charge is -2.12. The van der Waals surface area contributed by atoms with Crippen molar-refractivity contribution in [3.63, 3.8) is 0 Å². The van der Waals surface area contributed by atoms with Gasteiger partial charge in [0, 0.05) is 4.88 Å². The number of rotatable bonds is 4. The van der Waals surface area contributed by atoms with E-state index in [9.17, 15) is 0 Å². The number of hydrogen-bond donors (Lipinski definition) is 1. The van der Waals surface area contributed by atoms with Gasteiger partial charge in [-0.1, -0.05) is 6.07 Å². The molecule has 0 aromatic carbocycles. The molecule has 0 bridgehead atoms. The fourth-order valence-electron chi connectivity index (χ4n) is 1.43. The van der Waals surface area contributed by atoms with Crippen molar-refractivity contribution >= 4 is 11.3 Å². The Hall–Kier alpha value is -1.66. The molecule has 0 saturated heterocycles. The average Bonchev–Trinajstić information content (AvgIpc) is 2.91. The predicted molar refractivity (Wildman–Crippen MR) is 65.5 cm³/mol. The number of nitrogens with two attached hydrogens (primary N) is 1. The van der Waals surface area contributed by atoms with Crippen molar-refractivity contribution < 1.29 is 9.47 Å². The molecule has 0 radical (unpaired) electrons. The highest BCUT2D eigenvalue weighted by Gasteiger charge is 2.18. The van der Waals surface area contributed by atoms with Crippen molar-refractivity contribution in [1.82, 2.24) is 9.97 Å². The van der Waals surface area contributed by atoms with Crippen LogP contribution in [0.3, 0.4) is 0 Å². The van der Waals surface area contributed by atoms with Gasteiger partial charge in [0.25, 0.3) is 0 Å². The van der Waals surface area contributed by atoms with Crippen LogP contribution in [0.25, 0.3) is 0 Å². The van der Waals surface area contributed by atoms with E-state index >= 15 is 0 Å². The molecule has 1 unspecified atom stereocenters. The van der Waals surface area contributed by atoms with Gasteiger partial charge in [-0.3, -0.25) is 0 Å². The van der Waals surface area contributed by atoms with Crippen LogP contribution < -0.4 is 15.2 Å². The minimum atomic E-state index is -0.330. The third kappa shape index (κ3) is 2.37. The van der Waals surface area contributed by atoms with Crippen molar-refractivity contribution in [2.75, 3.05) is 14.2 Å². The van der Waals surface area contributed by atoms with E-state index < -0.39 is 0 Å². The zero-order valence-electron chi connectivity index (χ0n) is 9.58. The van der Waals surface area contributed by atoms with Crippen molar-refractivity contribution in [2.24, 2.45) is 5.73 Å². The van der Waals surface area contributed by atoms with E-state index in [4.69, 9.17) is 15.2 Å². The second-order valence-corrected chi connectivity index (χ2v) is 4.28. The summed E-state index contributed by atoms with van der Waals surface area (Å²) < 4.78 is 10.2. The number of thiophene rings is 1. The molecule has 0 spiro atoms. The molecule has 6 heteroatoms. The van der Waals surface area contributed by atoms with Gasteiger partial charge in [-0.25, -0.2) is 4.98 Å². The summed E-state index contributed by atoms with van der Waals surface area (Å²) in [5, 5.41) is 1.97. The second kappa shape index (κ2) is 5.11. The zero-order valence-corrected chi connectivity index (χ0v) is 10.4. The van der Waals surface area contributed by atoms with Gasteiger partial charge in [-0.15, -0.1) is 11.3 Å². The van der Waals surface area contributed by atoms with Crippen LogP contribution in [-0.4, -0.2) is 24.2 Å². The van der Waals surface area contributed by atoms with Crippen LogP contribution in [0.1, 0.15) is 16.6 Å². The zero-order chi connectivity index (χ0) is 12.3. The first-order chi connectivity index (χ1) is 8.26. The molecule has 2 N–H and O–H groups in total. The van der Waals surface area contributed by atoms with E-state index in [2.05, 4.69) is 9.97 Å². The summed E-state index contributed by atoms with van der Waals surface area (Å²) in [6, 6.07) is 3.58. The van der Waals surface area contributed by atoms with E-state index in [1.165, 1.54) is 20.4 Å². The Balaban J connectivity index is 2.38. The second-order valence-electron chi connectivity index (χ2n) is 3.30. The van der Waals surface area contributed by atoms with Crippen LogP contribution in [0.5, 0.6) is 11.8 Å². The molecule has 2 rings (SSSR count). The van der Waals surface area contributed by atoms with Crippen molar-refractivity contribution in [2.45, 2.75) is 6.04 Å². The van der Waals surface area contributed by atoms with Crippen LogP contribution >= 0.6 is 11.3 Å². The molecule has 0 fully saturated rings. The van der Waals surface area contributed by atoms with Gasteiger partial charge in [-0.2, -0.15) is 4.98 Å². The van der Waals surface area contributed by atoms with Crippen LogP contribution in [0.15, 0.2) is 23.7 Å². The average molecular weight is 251 g/mol. The van der Waals surface area contributed by atoms with Crippen molar-refractivity contribution in [1.29, 1.82) is 0 Å². The first kappa shape index (κ1) is 11.8. The molecular formula is C11H13N3O2S. The largest absolute Gasteiger partial charge is 0.480 e. The van der Waals surface area contributed by atoms with E-state index in [-0.39, 0.29) is 6.04 Å². The van der Waals surface area contributed by atoms with Gasteiger partial charge in [0.15, 0.2) is 0 Å². The minimum Gasteiger partial charge on any atom is -0.480 e. The number of methoxy groups -OCH3 is 2. The maximum atomic E-state index is 6.12. The first-order valence-corrected chi connectivity index (χ1v) is 5.88. The molecule has 90 valence electrons. The predicted octanol–water partition coefficient (Wildman–Crippen LogP) is 1.60. The SMILES string of the molecule is COc1cnc(C(N)c2cccs2)c(OC)n1. The Bertz CT molecular complexity index is 487. The number of nitrogens with zero attached hydrogens (tertiary/aromatic N) is 2. The van der Waals surface area contributed by atoms with E-state index in [0.717, 1.165) is 4.88 Å². The smallest absolute Gasteiger partial charge is 0.240 e. The summed E-state index contributed by atoms with van der Waals surface area (Å²) in [6.07, 6.45) is 1.53. The summed E-state index contributed by atoms with van der Waals surface area (Å²) in [7, 11) is 3.07. The number of ether oxygens (including phenoxy) is 2. The lowest BCUT2D eigenvalue weighted by Crippen LogP contribution is -2.14. The first-order valence-electron chi connectivity index (χ1n) is 5.00.